The van der Waals surface area contributed by atoms with E-state index in [9.17, 15) is 14.9 Å². The normalized spacial score (nSPS) is 10.8. The van der Waals surface area contributed by atoms with Crippen LogP contribution in [0.3, 0.4) is 0 Å². The number of halogens is 3. The Morgan fingerprint density at radius 1 is 1.14 bits per heavy atom. The van der Waals surface area contributed by atoms with Gasteiger partial charge in [-0.2, -0.15) is 0 Å². The minimum Gasteiger partial charge on any atom is -0.325 e. The number of thioether (sulfide) groups is 1. The average Bonchev–Trinajstić information content (AvgIpc) is 3.04. The van der Waals surface area contributed by atoms with E-state index in [1.54, 1.807) is 29.8 Å². The number of anilines is 1. The topological polar surface area (TPSA) is 103 Å². The first kappa shape index (κ1) is 21.4. The van der Waals surface area contributed by atoms with Crippen molar-refractivity contribution in [3.8, 4) is 11.4 Å². The first-order valence-corrected chi connectivity index (χ1v) is 10.1. The van der Waals surface area contributed by atoms with E-state index in [1.807, 2.05) is 0 Å². The van der Waals surface area contributed by atoms with Gasteiger partial charge in [-0.1, -0.05) is 46.6 Å². The van der Waals surface area contributed by atoms with E-state index in [-0.39, 0.29) is 28.1 Å². The van der Waals surface area contributed by atoms with E-state index < -0.39 is 4.92 Å². The van der Waals surface area contributed by atoms with Gasteiger partial charge in [-0.3, -0.25) is 14.9 Å². The van der Waals surface area contributed by atoms with Crippen LogP contribution >= 0.6 is 46.6 Å². The van der Waals surface area contributed by atoms with E-state index in [2.05, 4.69) is 15.5 Å². The highest BCUT2D eigenvalue weighted by atomic mass is 35.5. The summed E-state index contributed by atoms with van der Waals surface area (Å²) in [5.74, 6) is 0.245. The molecule has 0 fully saturated rings. The molecule has 3 aromatic rings. The van der Waals surface area contributed by atoms with Gasteiger partial charge in [0.25, 0.3) is 5.69 Å². The Balaban J connectivity index is 1.67. The van der Waals surface area contributed by atoms with Crippen LogP contribution in [-0.2, 0) is 11.8 Å². The summed E-state index contributed by atoms with van der Waals surface area (Å²) in [6.07, 6.45) is 0. The summed E-state index contributed by atoms with van der Waals surface area (Å²) in [6, 6.07) is 9.17. The molecule has 0 saturated heterocycles. The molecule has 3 rings (SSSR count). The summed E-state index contributed by atoms with van der Waals surface area (Å²) in [5.41, 5.74) is 0.733. The standard InChI is InChI=1S/C17H12Cl3N5O3S/c1-24-16(9-2-4-11(18)13(20)6-9)22-23-17(24)29-8-15(26)21-10-3-5-12(19)14(7-10)25(27)28/h2-7H,8H2,1H3,(H,21,26). The molecule has 1 heterocycles. The lowest BCUT2D eigenvalue weighted by atomic mass is 10.2. The number of benzene rings is 2. The van der Waals surface area contributed by atoms with Gasteiger partial charge in [0.1, 0.15) is 5.02 Å². The predicted molar refractivity (Wildman–Crippen MR) is 114 cm³/mol. The van der Waals surface area contributed by atoms with Crippen LogP contribution in [-0.4, -0.2) is 31.3 Å². The van der Waals surface area contributed by atoms with Crippen LogP contribution in [0, 0.1) is 10.1 Å². The second-order valence-corrected chi connectivity index (χ2v) is 7.92. The molecule has 0 atom stereocenters. The number of aromatic nitrogens is 3. The zero-order chi connectivity index (χ0) is 21.1. The van der Waals surface area contributed by atoms with Crippen molar-refractivity contribution >= 4 is 63.8 Å². The molecule has 12 heteroatoms. The van der Waals surface area contributed by atoms with Gasteiger partial charge in [0.15, 0.2) is 11.0 Å². The smallest absolute Gasteiger partial charge is 0.289 e. The first-order valence-electron chi connectivity index (χ1n) is 7.97. The SMILES string of the molecule is Cn1c(SCC(=O)Nc2ccc(Cl)c([N+](=O)[O-])c2)nnc1-c1ccc(Cl)c(Cl)c1. The fourth-order valence-corrected chi connectivity index (χ4v) is 3.58. The van der Waals surface area contributed by atoms with Crippen molar-refractivity contribution in [2.45, 2.75) is 5.16 Å². The zero-order valence-electron chi connectivity index (χ0n) is 14.7. The van der Waals surface area contributed by atoms with Crippen LogP contribution in [0.1, 0.15) is 0 Å². The molecular formula is C17H12Cl3N5O3S. The number of nitro benzene ring substituents is 1. The van der Waals surface area contributed by atoms with Crippen molar-refractivity contribution in [1.29, 1.82) is 0 Å². The van der Waals surface area contributed by atoms with Crippen molar-refractivity contribution in [2.75, 3.05) is 11.1 Å². The maximum atomic E-state index is 12.2. The molecule has 0 aliphatic heterocycles. The second-order valence-electron chi connectivity index (χ2n) is 5.75. The predicted octanol–water partition coefficient (Wildman–Crippen LogP) is 5.08. The van der Waals surface area contributed by atoms with Gasteiger partial charge in [-0.25, -0.2) is 0 Å². The maximum absolute atomic E-state index is 12.2. The van der Waals surface area contributed by atoms with Crippen LogP contribution in [0.15, 0.2) is 41.6 Å². The van der Waals surface area contributed by atoms with Gasteiger partial charge in [0, 0.05) is 24.4 Å². The highest BCUT2D eigenvalue weighted by Gasteiger charge is 2.16. The van der Waals surface area contributed by atoms with Gasteiger partial charge in [0.2, 0.25) is 5.91 Å². The number of carbonyl (C=O) groups is 1. The Labute approximate surface area is 184 Å². The summed E-state index contributed by atoms with van der Waals surface area (Å²) in [6.45, 7) is 0. The molecule has 0 bridgehead atoms. The van der Waals surface area contributed by atoms with Crippen molar-refractivity contribution < 1.29 is 9.72 Å². The number of nitrogens with one attached hydrogen (secondary N) is 1. The molecule has 0 aliphatic rings. The number of hydrogen-bond donors (Lipinski definition) is 1. The molecule has 0 spiro atoms. The Morgan fingerprint density at radius 3 is 2.55 bits per heavy atom. The van der Waals surface area contributed by atoms with Crippen LogP contribution in [0.5, 0.6) is 0 Å². The van der Waals surface area contributed by atoms with Crippen LogP contribution < -0.4 is 5.32 Å². The third-order valence-electron chi connectivity index (χ3n) is 3.77. The van der Waals surface area contributed by atoms with Gasteiger partial charge in [0.05, 0.1) is 20.7 Å². The molecule has 0 radical (unpaired) electrons. The van der Waals surface area contributed by atoms with Gasteiger partial charge in [-0.15, -0.1) is 10.2 Å². The average molecular weight is 473 g/mol. The molecule has 1 aromatic heterocycles. The largest absolute Gasteiger partial charge is 0.325 e. The lowest BCUT2D eigenvalue weighted by Gasteiger charge is -2.06. The van der Waals surface area contributed by atoms with Crippen LogP contribution in [0.2, 0.25) is 15.1 Å². The summed E-state index contributed by atoms with van der Waals surface area (Å²) < 4.78 is 1.73. The van der Waals surface area contributed by atoms with Crippen molar-refractivity contribution in [3.63, 3.8) is 0 Å². The van der Waals surface area contributed by atoms with E-state index in [4.69, 9.17) is 34.8 Å². The molecule has 0 aliphatic carbocycles. The Bertz CT molecular complexity index is 1110. The molecule has 8 nitrogen and oxygen atoms in total. The molecule has 150 valence electrons. The minimum absolute atomic E-state index is 0.00343. The van der Waals surface area contributed by atoms with E-state index in [1.165, 1.54) is 30.0 Å². The van der Waals surface area contributed by atoms with Gasteiger partial charge in [-0.05, 0) is 30.3 Å². The van der Waals surface area contributed by atoms with E-state index in [0.29, 0.717) is 21.0 Å². The Hall–Kier alpha value is -2.33. The third-order valence-corrected chi connectivity index (χ3v) is 5.85. The highest BCUT2D eigenvalue weighted by molar-refractivity contribution is 7.99. The Morgan fingerprint density at radius 2 is 1.86 bits per heavy atom. The maximum Gasteiger partial charge on any atom is 0.289 e. The molecule has 0 saturated carbocycles. The lowest BCUT2D eigenvalue weighted by Crippen LogP contribution is -2.14. The van der Waals surface area contributed by atoms with Gasteiger partial charge < -0.3 is 9.88 Å². The molecular weight excluding hydrogens is 461 g/mol. The molecule has 0 unspecified atom stereocenters. The molecule has 1 N–H and O–H groups in total. The van der Waals surface area contributed by atoms with Crippen molar-refractivity contribution in [2.24, 2.45) is 7.05 Å². The third kappa shape index (κ3) is 4.99. The molecule has 29 heavy (non-hydrogen) atoms. The minimum atomic E-state index is -0.614. The second kappa shape index (κ2) is 9.00. The number of nitrogens with zero attached hydrogens (tertiary/aromatic N) is 4. The van der Waals surface area contributed by atoms with Crippen LogP contribution in [0.25, 0.3) is 11.4 Å². The van der Waals surface area contributed by atoms with Crippen molar-refractivity contribution in [1.82, 2.24) is 14.8 Å². The fourth-order valence-electron chi connectivity index (χ4n) is 2.38. The van der Waals surface area contributed by atoms with Crippen LogP contribution in [0.4, 0.5) is 11.4 Å². The van der Waals surface area contributed by atoms with Gasteiger partial charge >= 0.3 is 0 Å². The number of carbonyl (C=O) groups excluding carboxylic acids is 1. The van der Waals surface area contributed by atoms with E-state index >= 15 is 0 Å². The number of nitro groups is 1. The quantitative estimate of drug-likeness (QED) is 0.305. The van der Waals surface area contributed by atoms with E-state index in [0.717, 1.165) is 5.56 Å². The molecule has 1 amide bonds. The zero-order valence-corrected chi connectivity index (χ0v) is 17.8. The highest BCUT2D eigenvalue weighted by Crippen LogP contribution is 2.30. The fraction of sp³-hybridized carbons (Fsp3) is 0.118. The monoisotopic (exact) mass is 471 g/mol. The number of rotatable bonds is 6. The lowest BCUT2D eigenvalue weighted by molar-refractivity contribution is -0.384. The first-order chi connectivity index (χ1) is 13.8. The summed E-state index contributed by atoms with van der Waals surface area (Å²) in [5, 5.41) is 23.1. The van der Waals surface area contributed by atoms with Crippen molar-refractivity contribution in [3.05, 3.63) is 61.6 Å². The number of hydrogen-bond acceptors (Lipinski definition) is 6. The molecule has 2 aromatic carbocycles. The summed E-state index contributed by atoms with van der Waals surface area (Å²) in [4.78, 5) is 22.5. The Kier molecular flexibility index (Phi) is 6.63. The number of amides is 1. The summed E-state index contributed by atoms with van der Waals surface area (Å²) >= 11 is 18.9. The summed E-state index contributed by atoms with van der Waals surface area (Å²) in [7, 11) is 1.76.